The van der Waals surface area contributed by atoms with E-state index in [0.29, 0.717) is 28.4 Å². The van der Waals surface area contributed by atoms with Crippen molar-refractivity contribution in [3.63, 3.8) is 0 Å². The average molecular weight is 488 g/mol. The molecule has 174 valence electrons. The van der Waals surface area contributed by atoms with Gasteiger partial charge in [0.25, 0.3) is 5.91 Å². The van der Waals surface area contributed by atoms with E-state index in [0.717, 1.165) is 29.0 Å². The minimum absolute atomic E-state index is 0. The molecule has 4 rings (SSSR count). The van der Waals surface area contributed by atoms with Crippen LogP contribution >= 0.6 is 24.0 Å². The molecule has 2 N–H and O–H groups in total. The van der Waals surface area contributed by atoms with Crippen molar-refractivity contribution in [2.75, 3.05) is 25.0 Å². The van der Waals surface area contributed by atoms with Crippen molar-refractivity contribution < 1.29 is 18.0 Å². The Morgan fingerprint density at radius 1 is 1.19 bits per heavy atom. The number of carbonyl (C=O) groups is 1. The third-order valence-corrected chi connectivity index (χ3v) is 6.90. The summed E-state index contributed by atoms with van der Waals surface area (Å²) in [7, 11) is 0. The summed E-state index contributed by atoms with van der Waals surface area (Å²) < 4.78 is 39.2. The fourth-order valence-electron chi connectivity index (χ4n) is 4.82. The number of alkyl halides is 3. The number of halogens is 5. The van der Waals surface area contributed by atoms with Crippen molar-refractivity contribution in [3.05, 3.63) is 63.7 Å². The molecule has 1 atom stereocenters. The SMILES string of the molecule is Cc1c(Cl)cccc1C1(Nc2ccc3c(c2)C(=O)N(CC(F)(F)F)C3(C)C)CCNC1.Cl. The number of rotatable bonds is 4. The molecule has 2 aromatic carbocycles. The lowest BCUT2D eigenvalue weighted by Crippen LogP contribution is -2.44. The van der Waals surface area contributed by atoms with E-state index in [9.17, 15) is 18.0 Å². The second-order valence-corrected chi connectivity index (χ2v) is 9.28. The first kappa shape index (κ1) is 24.7. The summed E-state index contributed by atoms with van der Waals surface area (Å²) >= 11 is 6.36. The molecule has 9 heteroatoms. The monoisotopic (exact) mass is 487 g/mol. The van der Waals surface area contributed by atoms with Crippen LogP contribution in [0.25, 0.3) is 0 Å². The van der Waals surface area contributed by atoms with Crippen molar-refractivity contribution in [2.45, 2.75) is 44.4 Å². The lowest BCUT2D eigenvalue weighted by atomic mass is 9.85. The van der Waals surface area contributed by atoms with Gasteiger partial charge >= 0.3 is 6.18 Å². The van der Waals surface area contributed by atoms with Gasteiger partial charge in [-0.3, -0.25) is 4.79 Å². The Labute approximate surface area is 196 Å². The van der Waals surface area contributed by atoms with E-state index in [-0.39, 0.29) is 12.4 Å². The van der Waals surface area contributed by atoms with Gasteiger partial charge in [-0.25, -0.2) is 0 Å². The Hall–Kier alpha value is -1.96. The highest BCUT2D eigenvalue weighted by Crippen LogP contribution is 2.43. The van der Waals surface area contributed by atoms with Crippen LogP contribution in [-0.2, 0) is 11.1 Å². The van der Waals surface area contributed by atoms with Gasteiger partial charge in [0.05, 0.1) is 11.1 Å². The number of nitrogens with one attached hydrogen (secondary N) is 2. The van der Waals surface area contributed by atoms with Crippen LogP contribution in [-0.4, -0.2) is 36.6 Å². The fourth-order valence-corrected chi connectivity index (χ4v) is 5.00. The van der Waals surface area contributed by atoms with Gasteiger partial charge in [-0.1, -0.05) is 29.8 Å². The summed E-state index contributed by atoms with van der Waals surface area (Å²) in [6, 6.07) is 11.1. The van der Waals surface area contributed by atoms with Gasteiger partial charge in [0.1, 0.15) is 6.54 Å². The summed E-state index contributed by atoms with van der Waals surface area (Å²) in [5, 5.41) is 7.63. The number of anilines is 1. The lowest BCUT2D eigenvalue weighted by molar-refractivity contribution is -0.149. The molecule has 4 nitrogen and oxygen atoms in total. The molecule has 0 spiro atoms. The molecule has 1 fully saturated rings. The highest BCUT2D eigenvalue weighted by molar-refractivity contribution is 6.31. The second-order valence-electron chi connectivity index (χ2n) is 8.87. The molecule has 2 heterocycles. The molecule has 2 aliphatic heterocycles. The number of carbonyl (C=O) groups excluding carboxylic acids is 1. The number of amides is 1. The van der Waals surface area contributed by atoms with Crippen LogP contribution in [0.4, 0.5) is 18.9 Å². The molecule has 0 aliphatic carbocycles. The van der Waals surface area contributed by atoms with E-state index >= 15 is 0 Å². The number of fused-ring (bicyclic) bond motifs is 1. The van der Waals surface area contributed by atoms with Gasteiger partial charge in [0, 0.05) is 22.8 Å². The number of hydrogen-bond donors (Lipinski definition) is 2. The molecule has 2 aromatic rings. The Balaban J connectivity index is 0.00000289. The molecule has 1 unspecified atom stereocenters. The summed E-state index contributed by atoms with van der Waals surface area (Å²) in [5.74, 6) is -0.599. The third-order valence-electron chi connectivity index (χ3n) is 6.49. The molecule has 1 saturated heterocycles. The zero-order chi connectivity index (χ0) is 22.6. The topological polar surface area (TPSA) is 44.4 Å². The summed E-state index contributed by atoms with van der Waals surface area (Å²) in [6.07, 6.45) is -3.65. The van der Waals surface area contributed by atoms with Crippen molar-refractivity contribution in [1.29, 1.82) is 0 Å². The number of nitrogens with zero attached hydrogens (tertiary/aromatic N) is 1. The molecule has 1 amide bonds. The van der Waals surface area contributed by atoms with E-state index in [1.54, 1.807) is 26.0 Å². The van der Waals surface area contributed by atoms with Crippen LogP contribution in [0.5, 0.6) is 0 Å². The van der Waals surface area contributed by atoms with E-state index in [2.05, 4.69) is 10.6 Å². The maximum atomic E-state index is 13.1. The molecule has 0 saturated carbocycles. The van der Waals surface area contributed by atoms with Crippen LogP contribution < -0.4 is 10.6 Å². The van der Waals surface area contributed by atoms with Gasteiger partial charge in [-0.05, 0) is 68.6 Å². The number of hydrogen-bond acceptors (Lipinski definition) is 3. The van der Waals surface area contributed by atoms with E-state index in [1.165, 1.54) is 0 Å². The largest absolute Gasteiger partial charge is 0.406 e. The highest BCUT2D eigenvalue weighted by atomic mass is 35.5. The molecular weight excluding hydrogens is 462 g/mol. The fraction of sp³-hybridized carbons (Fsp3) is 0.435. The predicted octanol–water partition coefficient (Wildman–Crippen LogP) is 5.62. The van der Waals surface area contributed by atoms with Gasteiger partial charge in [0.15, 0.2) is 0 Å². The Morgan fingerprint density at radius 3 is 2.53 bits per heavy atom. The quantitative estimate of drug-likeness (QED) is 0.587. The second kappa shape index (κ2) is 8.43. The Bertz CT molecular complexity index is 1030. The zero-order valence-electron chi connectivity index (χ0n) is 18.1. The van der Waals surface area contributed by atoms with Crippen molar-refractivity contribution in [1.82, 2.24) is 10.2 Å². The minimum Gasteiger partial charge on any atom is -0.374 e. The first-order valence-corrected chi connectivity index (χ1v) is 10.6. The molecular formula is C23H26Cl2F3N3O. The third kappa shape index (κ3) is 4.18. The van der Waals surface area contributed by atoms with Crippen LogP contribution in [0.1, 0.15) is 47.3 Å². The summed E-state index contributed by atoms with van der Waals surface area (Å²) in [6.45, 7) is 5.48. The van der Waals surface area contributed by atoms with Gasteiger partial charge < -0.3 is 15.5 Å². The molecule has 0 radical (unpaired) electrons. The Kier molecular flexibility index (Phi) is 6.50. The molecule has 0 bridgehead atoms. The smallest absolute Gasteiger partial charge is 0.374 e. The Morgan fingerprint density at radius 2 is 1.91 bits per heavy atom. The molecule has 0 aromatic heterocycles. The lowest BCUT2D eigenvalue weighted by Gasteiger charge is -2.34. The maximum absolute atomic E-state index is 13.1. The van der Waals surface area contributed by atoms with E-state index in [4.69, 9.17) is 11.6 Å². The molecule has 2 aliphatic rings. The van der Waals surface area contributed by atoms with Gasteiger partial charge in [-0.15, -0.1) is 12.4 Å². The minimum atomic E-state index is -4.46. The van der Waals surface area contributed by atoms with Crippen LogP contribution in [0, 0.1) is 6.92 Å². The molecule has 32 heavy (non-hydrogen) atoms. The van der Waals surface area contributed by atoms with Crippen molar-refractivity contribution in [2.24, 2.45) is 0 Å². The normalized spacial score (nSPS) is 22.0. The first-order valence-electron chi connectivity index (χ1n) is 10.2. The summed E-state index contributed by atoms with van der Waals surface area (Å²) in [4.78, 5) is 13.8. The van der Waals surface area contributed by atoms with Gasteiger partial charge in [0.2, 0.25) is 0 Å². The van der Waals surface area contributed by atoms with Crippen molar-refractivity contribution >= 4 is 35.6 Å². The van der Waals surface area contributed by atoms with Crippen LogP contribution in [0.15, 0.2) is 36.4 Å². The van der Waals surface area contributed by atoms with E-state index in [1.807, 2.05) is 31.2 Å². The maximum Gasteiger partial charge on any atom is 0.406 e. The van der Waals surface area contributed by atoms with E-state index < -0.39 is 29.7 Å². The first-order chi connectivity index (χ1) is 14.4. The van der Waals surface area contributed by atoms with Crippen LogP contribution in [0.3, 0.4) is 0 Å². The number of benzene rings is 2. The standard InChI is InChI=1S/C23H25ClF3N3O.ClH/c1-14-17(5-4-6-19(14)24)22(9-10-28-12-22)29-15-7-8-18-16(11-15)20(31)30(21(18,2)3)13-23(25,26)27;/h4-8,11,28-29H,9-10,12-13H2,1-3H3;1H. The summed E-state index contributed by atoms with van der Waals surface area (Å²) in [5.41, 5.74) is 2.20. The van der Waals surface area contributed by atoms with Gasteiger partial charge in [-0.2, -0.15) is 13.2 Å². The van der Waals surface area contributed by atoms with Crippen LogP contribution in [0.2, 0.25) is 5.02 Å². The predicted molar refractivity (Wildman–Crippen MR) is 123 cm³/mol. The van der Waals surface area contributed by atoms with Crippen molar-refractivity contribution in [3.8, 4) is 0 Å². The zero-order valence-corrected chi connectivity index (χ0v) is 19.6. The highest BCUT2D eigenvalue weighted by Gasteiger charge is 2.48. The average Bonchev–Trinajstić information content (AvgIpc) is 3.21.